The van der Waals surface area contributed by atoms with E-state index in [-0.39, 0.29) is 11.9 Å². The number of rotatable bonds is 3. The highest BCUT2D eigenvalue weighted by Gasteiger charge is 2.52. The lowest BCUT2D eigenvalue weighted by Gasteiger charge is -2.33. The second-order valence-corrected chi connectivity index (χ2v) is 6.16. The maximum Gasteiger partial charge on any atom is 0.421 e. The molecule has 1 saturated heterocycles. The number of carbonyl (C=O) groups excluding carboxylic acids is 2. The first-order chi connectivity index (χ1) is 11.9. The van der Waals surface area contributed by atoms with Gasteiger partial charge in [0.15, 0.2) is 0 Å². The van der Waals surface area contributed by atoms with Crippen LogP contribution in [0, 0.1) is 13.8 Å². The van der Waals surface area contributed by atoms with E-state index < -0.39 is 6.04 Å². The minimum absolute atomic E-state index is 0.245. The van der Waals surface area contributed by atoms with Crippen LogP contribution in [-0.2, 0) is 4.79 Å². The van der Waals surface area contributed by atoms with Gasteiger partial charge in [0.2, 0.25) is 11.9 Å². The Morgan fingerprint density at radius 2 is 2.04 bits per heavy atom. The fourth-order valence-corrected chi connectivity index (χ4v) is 3.20. The molecule has 132 valence electrons. The summed E-state index contributed by atoms with van der Waals surface area (Å²) in [5.74, 6) is 0.770. The van der Waals surface area contributed by atoms with Crippen molar-refractivity contribution in [1.29, 1.82) is 0 Å². The predicted octanol–water partition coefficient (Wildman–Crippen LogP) is 0.987. The minimum atomic E-state index is -0.613. The van der Waals surface area contributed by atoms with Crippen LogP contribution in [0.4, 0.5) is 4.79 Å². The normalized spacial score (nSPS) is 20.8. The molecular weight excluding hydrogens is 320 g/mol. The summed E-state index contributed by atoms with van der Waals surface area (Å²) >= 11 is 0. The van der Waals surface area contributed by atoms with Gasteiger partial charge in [-0.2, -0.15) is 0 Å². The summed E-state index contributed by atoms with van der Waals surface area (Å²) in [5, 5.41) is 4.50. The van der Waals surface area contributed by atoms with Crippen molar-refractivity contribution >= 4 is 23.7 Å². The van der Waals surface area contributed by atoms with E-state index in [1.165, 1.54) is 9.80 Å². The maximum atomic E-state index is 12.9. The first-order valence-electron chi connectivity index (χ1n) is 8.36. The number of hydrogen-bond acceptors (Lipinski definition) is 4. The van der Waals surface area contributed by atoms with Gasteiger partial charge in [0.05, 0.1) is 12.2 Å². The number of imide groups is 1. The van der Waals surface area contributed by atoms with E-state index in [2.05, 4.69) is 10.1 Å². The standard InChI is InChI=1S/C17H23N6O2/c1-6-8-9-22-13-14(20(5)17(25)21(7-2)15(13)24)18-16(22)23-12(4)10-11(3)19-23/h6,8,10,13H,7,9H2,1-5H3/q+1/b8-6+. The van der Waals surface area contributed by atoms with Crippen LogP contribution in [0.25, 0.3) is 0 Å². The van der Waals surface area contributed by atoms with Crippen LogP contribution in [0.3, 0.4) is 0 Å². The number of aromatic nitrogens is 2. The van der Waals surface area contributed by atoms with Crippen molar-refractivity contribution in [3.8, 4) is 0 Å². The molecule has 3 rings (SSSR count). The molecule has 0 aromatic carbocycles. The van der Waals surface area contributed by atoms with E-state index in [1.807, 2.05) is 43.6 Å². The van der Waals surface area contributed by atoms with E-state index in [0.29, 0.717) is 24.9 Å². The first-order valence-corrected chi connectivity index (χ1v) is 8.36. The maximum absolute atomic E-state index is 12.9. The zero-order chi connectivity index (χ0) is 18.3. The Bertz CT molecular complexity index is 832. The fourth-order valence-electron chi connectivity index (χ4n) is 3.20. The number of urea groups is 1. The van der Waals surface area contributed by atoms with Crippen LogP contribution in [0.5, 0.6) is 0 Å². The summed E-state index contributed by atoms with van der Waals surface area (Å²) in [5.41, 5.74) is 1.80. The third-order valence-electron chi connectivity index (χ3n) is 4.44. The predicted molar refractivity (Wildman–Crippen MR) is 93.8 cm³/mol. The van der Waals surface area contributed by atoms with Gasteiger partial charge in [-0.15, -0.1) is 9.78 Å². The van der Waals surface area contributed by atoms with E-state index in [1.54, 1.807) is 18.7 Å². The zero-order valence-corrected chi connectivity index (χ0v) is 15.2. The Labute approximate surface area is 146 Å². The molecule has 1 fully saturated rings. The molecular formula is C17H23N6O2+. The lowest BCUT2D eigenvalue weighted by molar-refractivity contribution is -0.527. The molecule has 8 nitrogen and oxygen atoms in total. The summed E-state index contributed by atoms with van der Waals surface area (Å²) in [6.45, 7) is 8.42. The Hall–Kier alpha value is -2.77. The lowest BCUT2D eigenvalue weighted by Crippen LogP contribution is -2.62. The largest absolute Gasteiger partial charge is 0.421 e. The van der Waals surface area contributed by atoms with Gasteiger partial charge >= 0.3 is 12.0 Å². The highest BCUT2D eigenvalue weighted by atomic mass is 16.2. The summed E-state index contributed by atoms with van der Waals surface area (Å²) in [7, 11) is 1.65. The van der Waals surface area contributed by atoms with E-state index >= 15 is 0 Å². The van der Waals surface area contributed by atoms with Gasteiger partial charge in [0.1, 0.15) is 5.69 Å². The number of nitrogens with zero attached hydrogens (tertiary/aromatic N) is 6. The Kier molecular flexibility index (Phi) is 4.28. The van der Waals surface area contributed by atoms with E-state index in [9.17, 15) is 9.59 Å². The molecule has 25 heavy (non-hydrogen) atoms. The smallest absolute Gasteiger partial charge is 0.270 e. The average molecular weight is 343 g/mol. The molecule has 3 heterocycles. The Morgan fingerprint density at radius 3 is 2.60 bits per heavy atom. The number of aliphatic imine (C=N–C) groups is 1. The highest BCUT2D eigenvalue weighted by Crippen LogP contribution is 2.21. The number of fused-ring (bicyclic) bond motifs is 1. The summed E-state index contributed by atoms with van der Waals surface area (Å²) in [6, 6.07) is 0.999. The molecule has 1 atom stereocenters. The summed E-state index contributed by atoms with van der Waals surface area (Å²) in [4.78, 5) is 32.7. The second-order valence-electron chi connectivity index (χ2n) is 6.16. The molecule has 0 spiro atoms. The van der Waals surface area contributed by atoms with Crippen LogP contribution in [0.2, 0.25) is 0 Å². The third kappa shape index (κ3) is 2.57. The van der Waals surface area contributed by atoms with Crippen LogP contribution in [0.1, 0.15) is 25.2 Å². The number of carbonyl (C=O) groups is 2. The van der Waals surface area contributed by atoms with Gasteiger partial charge in [-0.1, -0.05) is 17.1 Å². The molecule has 1 aromatic rings. The van der Waals surface area contributed by atoms with Crippen molar-refractivity contribution in [2.45, 2.75) is 33.7 Å². The van der Waals surface area contributed by atoms with Crippen molar-refractivity contribution in [2.24, 2.45) is 4.99 Å². The summed E-state index contributed by atoms with van der Waals surface area (Å²) in [6.07, 6.45) is 3.89. The zero-order valence-electron chi connectivity index (χ0n) is 15.2. The molecule has 0 N–H and O–H groups in total. The highest BCUT2D eigenvalue weighted by molar-refractivity contribution is 6.22. The van der Waals surface area contributed by atoms with E-state index in [0.717, 1.165) is 11.4 Å². The topological polar surface area (TPSA) is 73.8 Å². The van der Waals surface area contributed by atoms with Crippen LogP contribution in [-0.4, -0.2) is 74.1 Å². The van der Waals surface area contributed by atoms with Crippen molar-refractivity contribution in [2.75, 3.05) is 20.1 Å². The monoisotopic (exact) mass is 343 g/mol. The molecule has 0 saturated carbocycles. The minimum Gasteiger partial charge on any atom is -0.270 e. The molecule has 1 aromatic heterocycles. The summed E-state index contributed by atoms with van der Waals surface area (Å²) < 4.78 is 3.62. The number of allylic oxidation sites excluding steroid dienone is 1. The molecule has 3 amide bonds. The van der Waals surface area contributed by atoms with Gasteiger partial charge < -0.3 is 0 Å². The van der Waals surface area contributed by atoms with Crippen LogP contribution < -0.4 is 0 Å². The van der Waals surface area contributed by atoms with Gasteiger partial charge in [0.25, 0.3) is 5.91 Å². The van der Waals surface area contributed by atoms with Gasteiger partial charge in [-0.3, -0.25) is 14.6 Å². The molecule has 8 heteroatoms. The van der Waals surface area contributed by atoms with Crippen LogP contribution in [0.15, 0.2) is 23.2 Å². The quantitative estimate of drug-likeness (QED) is 0.607. The van der Waals surface area contributed by atoms with Crippen molar-refractivity contribution in [1.82, 2.24) is 19.6 Å². The molecule has 2 aliphatic rings. The number of amides is 3. The molecule has 0 bridgehead atoms. The fraction of sp³-hybridized carbons (Fsp3) is 0.471. The molecule has 2 aliphatic heterocycles. The second kappa shape index (κ2) is 6.27. The SMILES string of the molecule is C/C=C/C[N+]1=C(n2nc(C)cc2C)N=C2C1C(=O)N(CC)C(=O)N2C. The van der Waals surface area contributed by atoms with Gasteiger partial charge in [-0.25, -0.2) is 9.37 Å². The number of likely N-dealkylation sites (N-methyl/N-ethyl adjacent to an activating group) is 2. The van der Waals surface area contributed by atoms with Gasteiger partial charge in [-0.05, 0) is 33.8 Å². The van der Waals surface area contributed by atoms with Crippen molar-refractivity contribution in [3.63, 3.8) is 0 Å². The van der Waals surface area contributed by atoms with Crippen molar-refractivity contribution < 1.29 is 14.2 Å². The Balaban J connectivity index is 2.17. The molecule has 0 radical (unpaired) electrons. The first kappa shape index (κ1) is 17.1. The number of hydrogen-bond donors (Lipinski definition) is 0. The van der Waals surface area contributed by atoms with Crippen LogP contribution >= 0.6 is 0 Å². The molecule has 0 aliphatic carbocycles. The average Bonchev–Trinajstić information content (AvgIpc) is 3.11. The third-order valence-corrected chi connectivity index (χ3v) is 4.44. The Morgan fingerprint density at radius 1 is 1.32 bits per heavy atom. The van der Waals surface area contributed by atoms with Crippen molar-refractivity contribution in [3.05, 3.63) is 29.6 Å². The number of amidine groups is 1. The van der Waals surface area contributed by atoms with E-state index in [4.69, 9.17) is 0 Å². The lowest BCUT2D eigenvalue weighted by atomic mass is 10.1. The number of aryl methyl sites for hydroxylation is 2. The molecule has 1 unspecified atom stereocenters. The van der Waals surface area contributed by atoms with Gasteiger partial charge in [0, 0.05) is 13.6 Å².